The summed E-state index contributed by atoms with van der Waals surface area (Å²) >= 11 is 0. The normalized spacial score (nSPS) is 22.3. The highest BCUT2D eigenvalue weighted by atomic mass is 15.2. The molecule has 1 fully saturated rings. The van der Waals surface area contributed by atoms with Crippen molar-refractivity contribution in [2.45, 2.75) is 32.2 Å². The molecule has 3 nitrogen and oxygen atoms in total. The molecular weight excluding hydrogens is 246 g/mol. The number of para-hydroxylation sites is 1. The van der Waals surface area contributed by atoms with Gasteiger partial charge in [-0.1, -0.05) is 24.6 Å². The fourth-order valence-corrected chi connectivity index (χ4v) is 3.48. The van der Waals surface area contributed by atoms with Crippen LogP contribution < -0.4 is 10.6 Å². The molecular formula is C17H23N3. The van der Waals surface area contributed by atoms with Crippen LogP contribution in [0.4, 0.5) is 5.82 Å². The summed E-state index contributed by atoms with van der Waals surface area (Å²) in [4.78, 5) is 7.29. The van der Waals surface area contributed by atoms with E-state index < -0.39 is 0 Å². The van der Waals surface area contributed by atoms with E-state index in [1.807, 2.05) is 6.07 Å². The van der Waals surface area contributed by atoms with E-state index in [9.17, 15) is 0 Å². The number of aromatic nitrogens is 1. The second kappa shape index (κ2) is 5.80. The van der Waals surface area contributed by atoms with Crippen molar-refractivity contribution >= 4 is 16.7 Å². The standard InChI is InChI=1S/C17H23N3/c1-2-20(16-9-5-7-14(16)12-18)17-11-10-13-6-3-4-8-15(13)19-17/h3-4,6,8,10-11,14,16H,2,5,7,9,12,18H2,1H3. The molecule has 0 saturated heterocycles. The molecule has 1 aliphatic carbocycles. The summed E-state index contributed by atoms with van der Waals surface area (Å²) in [5, 5.41) is 1.20. The minimum Gasteiger partial charge on any atom is -0.354 e. The van der Waals surface area contributed by atoms with Gasteiger partial charge in [0.25, 0.3) is 0 Å². The molecule has 2 N–H and O–H groups in total. The van der Waals surface area contributed by atoms with Gasteiger partial charge in [0.1, 0.15) is 5.82 Å². The molecule has 0 bridgehead atoms. The summed E-state index contributed by atoms with van der Waals surface area (Å²) in [6, 6.07) is 13.2. The van der Waals surface area contributed by atoms with E-state index in [0.717, 1.165) is 24.4 Å². The number of anilines is 1. The van der Waals surface area contributed by atoms with E-state index in [-0.39, 0.29) is 0 Å². The Bertz CT molecular complexity index is 581. The molecule has 1 saturated carbocycles. The van der Waals surface area contributed by atoms with Crippen LogP contribution in [0, 0.1) is 5.92 Å². The van der Waals surface area contributed by atoms with Crippen LogP contribution in [0.15, 0.2) is 36.4 Å². The Morgan fingerprint density at radius 2 is 2.05 bits per heavy atom. The highest BCUT2D eigenvalue weighted by Gasteiger charge is 2.31. The largest absolute Gasteiger partial charge is 0.354 e. The van der Waals surface area contributed by atoms with Crippen LogP contribution in [-0.2, 0) is 0 Å². The number of hydrogen-bond acceptors (Lipinski definition) is 3. The maximum absolute atomic E-state index is 5.94. The van der Waals surface area contributed by atoms with Gasteiger partial charge >= 0.3 is 0 Å². The van der Waals surface area contributed by atoms with Crippen LogP contribution in [0.3, 0.4) is 0 Å². The molecule has 0 radical (unpaired) electrons. The van der Waals surface area contributed by atoms with Gasteiger partial charge in [-0.15, -0.1) is 0 Å². The highest BCUT2D eigenvalue weighted by Crippen LogP contribution is 2.32. The lowest BCUT2D eigenvalue weighted by molar-refractivity contribution is 0.460. The van der Waals surface area contributed by atoms with Crippen molar-refractivity contribution < 1.29 is 0 Å². The average molecular weight is 269 g/mol. The van der Waals surface area contributed by atoms with Crippen LogP contribution in [0.2, 0.25) is 0 Å². The summed E-state index contributed by atoms with van der Waals surface area (Å²) in [6.07, 6.45) is 3.78. The first-order valence-electron chi connectivity index (χ1n) is 7.66. The Morgan fingerprint density at radius 3 is 2.85 bits per heavy atom. The number of nitrogens with zero attached hydrogens (tertiary/aromatic N) is 2. The Kier molecular flexibility index (Phi) is 3.88. The van der Waals surface area contributed by atoms with Gasteiger partial charge in [-0.05, 0) is 50.4 Å². The molecule has 2 atom stereocenters. The van der Waals surface area contributed by atoms with Crippen molar-refractivity contribution in [1.82, 2.24) is 4.98 Å². The number of hydrogen-bond donors (Lipinski definition) is 1. The maximum atomic E-state index is 5.94. The number of rotatable bonds is 4. The molecule has 2 aromatic rings. The van der Waals surface area contributed by atoms with Crippen molar-refractivity contribution in [3.63, 3.8) is 0 Å². The Labute approximate surface area is 120 Å². The molecule has 106 valence electrons. The van der Waals surface area contributed by atoms with Gasteiger partial charge in [-0.2, -0.15) is 0 Å². The van der Waals surface area contributed by atoms with Crippen molar-refractivity contribution in [2.24, 2.45) is 11.7 Å². The van der Waals surface area contributed by atoms with Crippen LogP contribution in [-0.4, -0.2) is 24.1 Å². The Morgan fingerprint density at radius 1 is 1.20 bits per heavy atom. The zero-order valence-corrected chi connectivity index (χ0v) is 12.1. The molecule has 0 amide bonds. The maximum Gasteiger partial charge on any atom is 0.129 e. The monoisotopic (exact) mass is 269 g/mol. The summed E-state index contributed by atoms with van der Waals surface area (Å²) in [5.41, 5.74) is 7.01. The van der Waals surface area contributed by atoms with Crippen LogP contribution in [0.5, 0.6) is 0 Å². The van der Waals surface area contributed by atoms with E-state index in [4.69, 9.17) is 10.7 Å². The summed E-state index contributed by atoms with van der Waals surface area (Å²) in [5.74, 6) is 1.71. The van der Waals surface area contributed by atoms with Crippen molar-refractivity contribution in [3.05, 3.63) is 36.4 Å². The van der Waals surface area contributed by atoms with Crippen LogP contribution in [0.1, 0.15) is 26.2 Å². The minimum atomic E-state index is 0.554. The predicted octanol–water partition coefficient (Wildman–Crippen LogP) is 3.19. The predicted molar refractivity (Wildman–Crippen MR) is 84.9 cm³/mol. The smallest absolute Gasteiger partial charge is 0.129 e. The molecule has 0 aliphatic heterocycles. The lowest BCUT2D eigenvalue weighted by atomic mass is 10.0. The zero-order valence-electron chi connectivity index (χ0n) is 12.1. The molecule has 0 spiro atoms. The number of pyridine rings is 1. The van der Waals surface area contributed by atoms with Gasteiger partial charge in [0.15, 0.2) is 0 Å². The lowest BCUT2D eigenvalue weighted by Gasteiger charge is -2.33. The summed E-state index contributed by atoms with van der Waals surface area (Å²) in [7, 11) is 0. The number of fused-ring (bicyclic) bond motifs is 1. The number of benzene rings is 1. The van der Waals surface area contributed by atoms with Gasteiger partial charge in [-0.3, -0.25) is 0 Å². The second-order valence-corrected chi connectivity index (χ2v) is 5.64. The fourth-order valence-electron chi connectivity index (χ4n) is 3.48. The first-order chi connectivity index (χ1) is 9.83. The molecule has 1 aliphatic rings. The van der Waals surface area contributed by atoms with Gasteiger partial charge in [0.2, 0.25) is 0 Å². The van der Waals surface area contributed by atoms with Crippen molar-refractivity contribution in [1.29, 1.82) is 0 Å². The van der Waals surface area contributed by atoms with E-state index in [2.05, 4.69) is 42.2 Å². The first-order valence-corrected chi connectivity index (χ1v) is 7.66. The summed E-state index contributed by atoms with van der Waals surface area (Å²) < 4.78 is 0. The Hall–Kier alpha value is -1.61. The fraction of sp³-hybridized carbons (Fsp3) is 0.471. The lowest BCUT2D eigenvalue weighted by Crippen LogP contribution is -2.40. The quantitative estimate of drug-likeness (QED) is 0.927. The molecule has 1 heterocycles. The van der Waals surface area contributed by atoms with E-state index in [1.165, 1.54) is 24.6 Å². The van der Waals surface area contributed by atoms with E-state index >= 15 is 0 Å². The molecule has 1 aromatic heterocycles. The van der Waals surface area contributed by atoms with E-state index in [1.54, 1.807) is 0 Å². The van der Waals surface area contributed by atoms with Crippen molar-refractivity contribution in [2.75, 3.05) is 18.0 Å². The average Bonchev–Trinajstić information content (AvgIpc) is 2.96. The second-order valence-electron chi connectivity index (χ2n) is 5.64. The Balaban J connectivity index is 1.94. The molecule has 20 heavy (non-hydrogen) atoms. The zero-order chi connectivity index (χ0) is 13.9. The SMILES string of the molecule is CCN(c1ccc2ccccc2n1)C1CCCC1CN. The third-order valence-electron chi connectivity index (χ3n) is 4.54. The topological polar surface area (TPSA) is 42.2 Å². The van der Waals surface area contributed by atoms with Crippen LogP contribution in [0.25, 0.3) is 10.9 Å². The molecule has 3 heteroatoms. The van der Waals surface area contributed by atoms with Crippen LogP contribution >= 0.6 is 0 Å². The molecule has 3 rings (SSSR count). The first kappa shape index (κ1) is 13.4. The van der Waals surface area contributed by atoms with Gasteiger partial charge < -0.3 is 10.6 Å². The van der Waals surface area contributed by atoms with Gasteiger partial charge in [-0.25, -0.2) is 4.98 Å². The molecule has 2 unspecified atom stereocenters. The minimum absolute atomic E-state index is 0.554. The highest BCUT2D eigenvalue weighted by molar-refractivity contribution is 5.80. The molecule has 1 aromatic carbocycles. The number of nitrogens with two attached hydrogens (primary N) is 1. The summed E-state index contributed by atoms with van der Waals surface area (Å²) in [6.45, 7) is 3.99. The van der Waals surface area contributed by atoms with Crippen molar-refractivity contribution in [3.8, 4) is 0 Å². The third-order valence-corrected chi connectivity index (χ3v) is 4.54. The van der Waals surface area contributed by atoms with E-state index in [0.29, 0.717) is 12.0 Å². The van der Waals surface area contributed by atoms with Gasteiger partial charge in [0, 0.05) is 18.0 Å². The third kappa shape index (κ3) is 2.38. The van der Waals surface area contributed by atoms with Gasteiger partial charge in [0.05, 0.1) is 5.52 Å².